The number of fused-ring (bicyclic) bond motifs is 1. The van der Waals surface area contributed by atoms with Crippen LogP contribution >= 0.6 is 11.6 Å². The molecule has 0 bridgehead atoms. The number of ether oxygens (including phenoxy) is 2. The first-order chi connectivity index (χ1) is 10.3. The van der Waals surface area contributed by atoms with Gasteiger partial charge in [-0.15, -0.1) is 0 Å². The Morgan fingerprint density at radius 1 is 1.19 bits per heavy atom. The Morgan fingerprint density at radius 3 is 2.90 bits per heavy atom. The number of hydrogen-bond donors (Lipinski definition) is 1. The molecule has 0 spiro atoms. The number of rotatable bonds is 4. The standard InChI is InChI=1S/C17H17ClO3/c18-15-6-3-7-16(14(15)10-19)21-11-17-13-5-2-1-4-12(13)8-9-20-17/h1-7,17,19H,8-11H2. The molecule has 1 aliphatic heterocycles. The van der Waals surface area contributed by atoms with E-state index >= 15 is 0 Å². The molecule has 2 aromatic carbocycles. The highest BCUT2D eigenvalue weighted by Crippen LogP contribution is 2.30. The monoisotopic (exact) mass is 304 g/mol. The minimum atomic E-state index is -0.142. The minimum absolute atomic E-state index is 0.0829. The van der Waals surface area contributed by atoms with Gasteiger partial charge in [0, 0.05) is 10.6 Å². The lowest BCUT2D eigenvalue weighted by atomic mass is 9.98. The fourth-order valence-electron chi connectivity index (χ4n) is 2.61. The van der Waals surface area contributed by atoms with Gasteiger partial charge in [-0.25, -0.2) is 0 Å². The van der Waals surface area contributed by atoms with Crippen molar-refractivity contribution in [1.82, 2.24) is 0 Å². The molecule has 1 aliphatic rings. The molecular formula is C17H17ClO3. The number of aliphatic hydroxyl groups is 1. The van der Waals surface area contributed by atoms with Crippen molar-refractivity contribution in [2.75, 3.05) is 13.2 Å². The lowest BCUT2D eigenvalue weighted by molar-refractivity contribution is 0.00974. The van der Waals surface area contributed by atoms with E-state index in [4.69, 9.17) is 21.1 Å². The van der Waals surface area contributed by atoms with Crippen molar-refractivity contribution >= 4 is 11.6 Å². The van der Waals surface area contributed by atoms with E-state index in [1.807, 2.05) is 24.3 Å². The Bertz CT molecular complexity index is 627. The van der Waals surface area contributed by atoms with Gasteiger partial charge in [0.25, 0.3) is 0 Å². The van der Waals surface area contributed by atoms with E-state index in [-0.39, 0.29) is 12.7 Å². The number of benzene rings is 2. The molecule has 0 saturated carbocycles. The first-order valence-electron chi connectivity index (χ1n) is 7.00. The van der Waals surface area contributed by atoms with Gasteiger partial charge in [-0.2, -0.15) is 0 Å². The van der Waals surface area contributed by atoms with E-state index in [1.165, 1.54) is 11.1 Å². The van der Waals surface area contributed by atoms with Crippen molar-refractivity contribution in [3.63, 3.8) is 0 Å². The lowest BCUT2D eigenvalue weighted by Crippen LogP contribution is -2.21. The van der Waals surface area contributed by atoms with Gasteiger partial charge in [0.15, 0.2) is 0 Å². The Morgan fingerprint density at radius 2 is 2.05 bits per heavy atom. The summed E-state index contributed by atoms with van der Waals surface area (Å²) in [6.07, 6.45) is 0.853. The Labute approximate surface area is 129 Å². The number of hydrogen-bond acceptors (Lipinski definition) is 3. The van der Waals surface area contributed by atoms with Crippen LogP contribution in [0.4, 0.5) is 0 Å². The molecule has 0 amide bonds. The molecule has 1 unspecified atom stereocenters. The molecule has 1 N–H and O–H groups in total. The molecule has 1 atom stereocenters. The second-order valence-corrected chi connectivity index (χ2v) is 5.40. The third kappa shape index (κ3) is 3.05. The fourth-order valence-corrected chi connectivity index (χ4v) is 2.83. The summed E-state index contributed by atoms with van der Waals surface area (Å²) in [5.74, 6) is 0.608. The first kappa shape index (κ1) is 14.4. The summed E-state index contributed by atoms with van der Waals surface area (Å²) in [4.78, 5) is 0. The third-order valence-corrected chi connectivity index (χ3v) is 4.07. The Hall–Kier alpha value is -1.55. The Balaban J connectivity index is 1.76. The highest BCUT2D eigenvalue weighted by molar-refractivity contribution is 6.31. The van der Waals surface area contributed by atoms with Crippen LogP contribution in [0.5, 0.6) is 5.75 Å². The van der Waals surface area contributed by atoms with E-state index in [9.17, 15) is 5.11 Å². The van der Waals surface area contributed by atoms with Crippen LogP contribution in [0.3, 0.4) is 0 Å². The van der Waals surface area contributed by atoms with Crippen LogP contribution in [0.1, 0.15) is 22.8 Å². The minimum Gasteiger partial charge on any atom is -0.490 e. The van der Waals surface area contributed by atoms with Crippen LogP contribution in [0, 0.1) is 0 Å². The van der Waals surface area contributed by atoms with E-state index in [2.05, 4.69) is 12.1 Å². The van der Waals surface area contributed by atoms with Crippen LogP contribution in [0.2, 0.25) is 5.02 Å². The molecular weight excluding hydrogens is 288 g/mol. The highest BCUT2D eigenvalue weighted by atomic mass is 35.5. The molecule has 0 fully saturated rings. The van der Waals surface area contributed by atoms with E-state index in [0.717, 1.165) is 6.42 Å². The second kappa shape index (κ2) is 6.48. The van der Waals surface area contributed by atoms with Gasteiger partial charge in [-0.1, -0.05) is 41.9 Å². The third-order valence-electron chi connectivity index (χ3n) is 3.72. The molecule has 0 aliphatic carbocycles. The summed E-state index contributed by atoms with van der Waals surface area (Å²) in [6, 6.07) is 13.6. The molecule has 21 heavy (non-hydrogen) atoms. The highest BCUT2D eigenvalue weighted by Gasteiger charge is 2.21. The van der Waals surface area contributed by atoms with Crippen molar-refractivity contribution in [1.29, 1.82) is 0 Å². The van der Waals surface area contributed by atoms with Crippen LogP contribution in [0.15, 0.2) is 42.5 Å². The topological polar surface area (TPSA) is 38.7 Å². The molecule has 0 radical (unpaired) electrons. The van der Waals surface area contributed by atoms with E-state index in [1.54, 1.807) is 6.07 Å². The molecule has 3 nitrogen and oxygen atoms in total. The quantitative estimate of drug-likeness (QED) is 0.939. The zero-order valence-electron chi connectivity index (χ0n) is 11.6. The largest absolute Gasteiger partial charge is 0.490 e. The lowest BCUT2D eigenvalue weighted by Gasteiger charge is -2.26. The normalized spacial score (nSPS) is 17.3. The summed E-state index contributed by atoms with van der Waals surface area (Å²) < 4.78 is 11.6. The van der Waals surface area contributed by atoms with Gasteiger partial charge >= 0.3 is 0 Å². The van der Waals surface area contributed by atoms with Crippen LogP contribution in [0.25, 0.3) is 0 Å². The molecule has 0 aromatic heterocycles. The van der Waals surface area contributed by atoms with Gasteiger partial charge in [0.1, 0.15) is 18.5 Å². The summed E-state index contributed by atoms with van der Waals surface area (Å²) in [6.45, 7) is 0.967. The zero-order valence-corrected chi connectivity index (χ0v) is 12.3. The summed E-state index contributed by atoms with van der Waals surface area (Å²) in [5, 5.41) is 9.91. The van der Waals surface area contributed by atoms with Gasteiger partial charge in [-0.05, 0) is 29.7 Å². The smallest absolute Gasteiger partial charge is 0.126 e. The van der Waals surface area contributed by atoms with Gasteiger partial charge in [0.05, 0.1) is 13.2 Å². The first-order valence-corrected chi connectivity index (χ1v) is 7.38. The predicted molar refractivity (Wildman–Crippen MR) is 81.7 cm³/mol. The molecule has 0 saturated heterocycles. The molecule has 1 heterocycles. The maximum Gasteiger partial charge on any atom is 0.126 e. The van der Waals surface area contributed by atoms with Gasteiger partial charge in [0.2, 0.25) is 0 Å². The summed E-state index contributed by atoms with van der Waals surface area (Å²) in [7, 11) is 0. The molecule has 3 rings (SSSR count). The zero-order chi connectivity index (χ0) is 14.7. The van der Waals surface area contributed by atoms with Crippen molar-refractivity contribution in [2.24, 2.45) is 0 Å². The summed E-state index contributed by atoms with van der Waals surface area (Å²) in [5.41, 5.74) is 3.10. The van der Waals surface area contributed by atoms with Crippen molar-refractivity contribution in [2.45, 2.75) is 19.1 Å². The molecule has 4 heteroatoms. The number of aliphatic hydroxyl groups excluding tert-OH is 1. The maximum absolute atomic E-state index is 9.40. The average Bonchev–Trinajstić information content (AvgIpc) is 2.53. The van der Waals surface area contributed by atoms with Crippen molar-refractivity contribution < 1.29 is 14.6 Å². The van der Waals surface area contributed by atoms with Gasteiger partial charge in [-0.3, -0.25) is 0 Å². The van der Waals surface area contributed by atoms with Crippen LogP contribution in [-0.4, -0.2) is 18.3 Å². The fraction of sp³-hybridized carbons (Fsp3) is 0.294. The predicted octanol–water partition coefficient (Wildman–Crippen LogP) is 3.53. The maximum atomic E-state index is 9.40. The summed E-state index contributed by atoms with van der Waals surface area (Å²) >= 11 is 6.06. The van der Waals surface area contributed by atoms with Crippen LogP contribution in [-0.2, 0) is 17.8 Å². The SMILES string of the molecule is OCc1c(Cl)cccc1OCC1OCCc2ccccc21. The van der Waals surface area contributed by atoms with Crippen molar-refractivity contribution in [3.8, 4) is 5.75 Å². The van der Waals surface area contributed by atoms with E-state index < -0.39 is 0 Å². The van der Waals surface area contributed by atoms with E-state index in [0.29, 0.717) is 29.5 Å². The molecule has 110 valence electrons. The van der Waals surface area contributed by atoms with Crippen molar-refractivity contribution in [3.05, 3.63) is 64.2 Å². The van der Waals surface area contributed by atoms with Crippen LogP contribution < -0.4 is 4.74 Å². The van der Waals surface area contributed by atoms with Gasteiger partial charge < -0.3 is 14.6 Å². The average molecular weight is 305 g/mol. The number of halogens is 1. The Kier molecular flexibility index (Phi) is 4.44. The molecule has 2 aromatic rings. The second-order valence-electron chi connectivity index (χ2n) is 4.99.